The molecule has 0 spiro atoms. The molecule has 41 heavy (non-hydrogen) atoms. The van der Waals surface area contributed by atoms with Crippen LogP contribution < -0.4 is 4.90 Å². The van der Waals surface area contributed by atoms with E-state index in [1.54, 1.807) is 24.3 Å². The number of amides is 4. The van der Waals surface area contributed by atoms with Gasteiger partial charge in [0.1, 0.15) is 11.6 Å². The summed E-state index contributed by atoms with van der Waals surface area (Å²) in [6.07, 6.45) is 1.13. The van der Waals surface area contributed by atoms with Gasteiger partial charge in [0.15, 0.2) is 9.75 Å². The van der Waals surface area contributed by atoms with E-state index in [0.29, 0.717) is 5.57 Å². The number of halogens is 3. The number of benzene rings is 2. The molecule has 0 aromatic heterocycles. The number of alkyl halides is 2. The maximum absolute atomic E-state index is 14.2. The number of para-hydroxylation sites is 1. The number of carboxylic acid groups (broad SMARTS) is 1. The van der Waals surface area contributed by atoms with Gasteiger partial charge in [-0.2, -0.15) is 0 Å². The molecular formula is C29H23Cl2FN2O7. The maximum atomic E-state index is 14.2. The van der Waals surface area contributed by atoms with Gasteiger partial charge in [0, 0.05) is 18.0 Å². The first-order chi connectivity index (χ1) is 19.4. The van der Waals surface area contributed by atoms with E-state index in [1.165, 1.54) is 18.2 Å². The maximum Gasteiger partial charge on any atom is 0.305 e. The molecule has 6 unspecified atom stereocenters. The summed E-state index contributed by atoms with van der Waals surface area (Å²) in [6, 6.07) is 10.8. The third-order valence-corrected chi connectivity index (χ3v) is 10.2. The molecule has 3 fully saturated rings. The molecule has 12 heteroatoms. The summed E-state index contributed by atoms with van der Waals surface area (Å²) in [5.74, 6) is -8.55. The third kappa shape index (κ3) is 3.69. The highest BCUT2D eigenvalue weighted by Gasteiger charge is 2.76. The lowest BCUT2D eigenvalue weighted by atomic mass is 9.56. The third-order valence-electron chi connectivity index (χ3n) is 8.78. The lowest BCUT2D eigenvalue weighted by molar-refractivity contribution is -0.142. The number of nitrogens with zero attached hydrogens (tertiary/aromatic N) is 2. The van der Waals surface area contributed by atoms with E-state index in [2.05, 4.69) is 0 Å². The second kappa shape index (κ2) is 9.39. The summed E-state index contributed by atoms with van der Waals surface area (Å²) in [6.45, 7) is -0.299. The van der Waals surface area contributed by atoms with E-state index in [1.807, 2.05) is 0 Å². The quantitative estimate of drug-likeness (QED) is 0.304. The number of hydrogen-bond donors (Lipinski definition) is 2. The van der Waals surface area contributed by atoms with Crippen LogP contribution in [0.25, 0.3) is 0 Å². The summed E-state index contributed by atoms with van der Waals surface area (Å²) in [7, 11) is 0. The van der Waals surface area contributed by atoms with Crippen molar-refractivity contribution >= 4 is 58.5 Å². The molecule has 0 bridgehead atoms. The van der Waals surface area contributed by atoms with Gasteiger partial charge in [-0.25, -0.2) is 9.29 Å². The first kappa shape index (κ1) is 27.4. The Morgan fingerprint density at radius 2 is 1.66 bits per heavy atom. The van der Waals surface area contributed by atoms with Crippen LogP contribution in [0.3, 0.4) is 0 Å². The number of phenolic OH excluding ortho intramolecular Hbond substituents is 1. The summed E-state index contributed by atoms with van der Waals surface area (Å²) in [4.78, 5) is 63.7. The molecule has 4 amide bonds. The fraction of sp³-hybridized carbons (Fsp3) is 0.345. The normalized spacial score (nSPS) is 32.5. The number of aromatic hydroxyl groups is 1. The molecule has 2 aromatic carbocycles. The Labute approximate surface area is 243 Å². The van der Waals surface area contributed by atoms with E-state index in [0.717, 1.165) is 21.9 Å². The van der Waals surface area contributed by atoms with Gasteiger partial charge in [-0.3, -0.25) is 28.9 Å². The molecule has 6 rings (SSSR count). The Morgan fingerprint density at radius 1 is 0.976 bits per heavy atom. The molecule has 2 N–H and O–H groups in total. The van der Waals surface area contributed by atoms with Crippen LogP contribution in [-0.2, 0) is 24.0 Å². The van der Waals surface area contributed by atoms with Gasteiger partial charge in [-0.05, 0) is 49.1 Å². The molecular weight excluding hydrogens is 578 g/mol. The van der Waals surface area contributed by atoms with Crippen molar-refractivity contribution in [1.29, 1.82) is 0 Å². The summed E-state index contributed by atoms with van der Waals surface area (Å²) in [5.41, 5.74) is 0.750. The zero-order chi connectivity index (χ0) is 29.4. The van der Waals surface area contributed by atoms with Gasteiger partial charge >= 0.3 is 5.97 Å². The number of aliphatic carboxylic acids is 1. The number of carbonyl (C=O) groups is 5. The van der Waals surface area contributed by atoms with Crippen LogP contribution in [0.4, 0.5) is 10.1 Å². The Morgan fingerprint density at radius 3 is 2.32 bits per heavy atom. The van der Waals surface area contributed by atoms with Gasteiger partial charge < -0.3 is 10.2 Å². The highest BCUT2D eigenvalue weighted by atomic mass is 35.5. The monoisotopic (exact) mass is 600 g/mol. The molecule has 2 saturated heterocycles. The number of carboxylic acids is 1. The smallest absolute Gasteiger partial charge is 0.305 e. The van der Waals surface area contributed by atoms with E-state index >= 15 is 0 Å². The fourth-order valence-electron chi connectivity index (χ4n) is 6.97. The predicted octanol–water partition coefficient (Wildman–Crippen LogP) is 3.57. The molecule has 2 aromatic rings. The lowest BCUT2D eigenvalue weighted by Gasteiger charge is -2.50. The van der Waals surface area contributed by atoms with Crippen LogP contribution in [-0.4, -0.2) is 61.0 Å². The van der Waals surface area contributed by atoms with Crippen LogP contribution in [0.15, 0.2) is 60.2 Å². The number of hydrogen-bond acceptors (Lipinski definition) is 6. The van der Waals surface area contributed by atoms with Gasteiger partial charge in [-0.1, -0.05) is 29.8 Å². The first-order valence-electron chi connectivity index (χ1n) is 13.0. The van der Waals surface area contributed by atoms with Crippen LogP contribution >= 0.6 is 23.2 Å². The largest absolute Gasteiger partial charge is 0.508 e. The highest BCUT2D eigenvalue weighted by molar-refractivity contribution is 6.58. The van der Waals surface area contributed by atoms with E-state index in [4.69, 9.17) is 28.3 Å². The summed E-state index contributed by atoms with van der Waals surface area (Å²) >= 11 is 14.4. The average molecular weight is 601 g/mol. The van der Waals surface area contributed by atoms with Crippen molar-refractivity contribution in [1.82, 2.24) is 4.90 Å². The van der Waals surface area contributed by atoms with E-state index in [-0.39, 0.29) is 36.4 Å². The molecule has 6 atom stereocenters. The SMILES string of the molecule is O=C(O)CCN1C(=O)C2CC=C3C(CC4(Cl)C(=O)N(c5ccc(F)cc5)C(=O)C4(Cl)C3c3ccccc3O)C2C1=O. The Kier molecular flexibility index (Phi) is 6.28. The minimum absolute atomic E-state index is 0.0497. The summed E-state index contributed by atoms with van der Waals surface area (Å²) < 4.78 is 13.7. The second-order valence-corrected chi connectivity index (χ2v) is 12.0. The lowest BCUT2D eigenvalue weighted by Crippen LogP contribution is -2.60. The number of fused-ring (bicyclic) bond motifs is 4. The van der Waals surface area contributed by atoms with Crippen LogP contribution in [0.5, 0.6) is 5.75 Å². The zero-order valence-electron chi connectivity index (χ0n) is 21.3. The van der Waals surface area contributed by atoms with Crippen LogP contribution in [0, 0.1) is 23.6 Å². The Bertz CT molecular complexity index is 1560. The topological polar surface area (TPSA) is 132 Å². The number of anilines is 1. The van der Waals surface area contributed by atoms with E-state index < -0.39 is 75.3 Å². The molecule has 212 valence electrons. The Balaban J connectivity index is 1.51. The fourth-order valence-corrected chi connectivity index (χ4v) is 7.90. The number of allylic oxidation sites excluding steroid dienone is 2. The molecule has 1 saturated carbocycles. The Hall–Kier alpha value is -3.76. The average Bonchev–Trinajstić information content (AvgIpc) is 3.26. The molecule has 2 heterocycles. The van der Waals surface area contributed by atoms with Gasteiger partial charge in [0.2, 0.25) is 11.8 Å². The summed E-state index contributed by atoms with van der Waals surface area (Å²) in [5, 5.41) is 20.0. The minimum Gasteiger partial charge on any atom is -0.508 e. The standard InChI is InChI=1S/C29H23Cl2FN2O7/c30-28-13-19-16(9-10-18-22(19)25(39)33(24(18)38)12-11-21(36)37)23(17-3-1-2-4-20(17)35)29(28,31)27(41)34(26(28)40)15-7-5-14(32)6-8-15/h1-9,18-19,22-23,35H,10-13H2,(H,36,37). The van der Waals surface area contributed by atoms with Gasteiger partial charge in [-0.15, -0.1) is 23.2 Å². The van der Waals surface area contributed by atoms with Crippen molar-refractivity contribution in [3.63, 3.8) is 0 Å². The zero-order valence-corrected chi connectivity index (χ0v) is 22.8. The van der Waals surface area contributed by atoms with Gasteiger partial charge in [0.25, 0.3) is 11.8 Å². The number of rotatable bonds is 5. The number of carbonyl (C=O) groups excluding carboxylic acids is 4. The van der Waals surface area contributed by atoms with Crippen molar-refractivity contribution in [2.75, 3.05) is 11.4 Å². The highest BCUT2D eigenvalue weighted by Crippen LogP contribution is 2.66. The van der Waals surface area contributed by atoms with Crippen molar-refractivity contribution in [2.45, 2.75) is 34.9 Å². The molecule has 4 aliphatic rings. The van der Waals surface area contributed by atoms with Gasteiger partial charge in [0.05, 0.1) is 23.9 Å². The van der Waals surface area contributed by atoms with Crippen LogP contribution in [0.2, 0.25) is 0 Å². The molecule has 9 nitrogen and oxygen atoms in total. The minimum atomic E-state index is -2.15. The van der Waals surface area contributed by atoms with E-state index in [9.17, 15) is 33.5 Å². The van der Waals surface area contributed by atoms with Crippen LogP contribution in [0.1, 0.15) is 30.7 Å². The molecule has 2 aliphatic carbocycles. The predicted molar refractivity (Wildman–Crippen MR) is 144 cm³/mol. The van der Waals surface area contributed by atoms with Crippen molar-refractivity contribution < 1.29 is 38.6 Å². The molecule has 2 aliphatic heterocycles. The number of phenols is 1. The van der Waals surface area contributed by atoms with Crippen molar-refractivity contribution in [3.05, 3.63) is 71.6 Å². The number of likely N-dealkylation sites (tertiary alicyclic amines) is 1. The second-order valence-electron chi connectivity index (χ2n) is 10.8. The molecule has 0 radical (unpaired) electrons. The number of imide groups is 2. The van der Waals surface area contributed by atoms with Crippen molar-refractivity contribution in [3.8, 4) is 5.75 Å². The van der Waals surface area contributed by atoms with Crippen molar-refractivity contribution in [2.24, 2.45) is 17.8 Å². The first-order valence-corrected chi connectivity index (χ1v) is 13.7.